The summed E-state index contributed by atoms with van der Waals surface area (Å²) in [5.74, 6) is 1.52. The topological polar surface area (TPSA) is 62.3 Å². The first-order valence-electron chi connectivity index (χ1n) is 8.09. The van der Waals surface area contributed by atoms with Gasteiger partial charge in [0.15, 0.2) is 18.2 Å². The Bertz CT molecular complexity index is 743. The lowest BCUT2D eigenvalue weighted by Gasteiger charge is -2.34. The van der Waals surface area contributed by atoms with E-state index in [1.54, 1.807) is 18.2 Å². The standard InChI is InChI=1S/C18H20FN3O2/c1-12-7-13(2)10-22(9-12)18-15(8-20)21-17(24-18)11-23-16-6-4-3-5-14(16)19/h3-6,12-13H,7,9-11H2,1-2H3/t12-,13-/m1/s1. The third-order valence-corrected chi connectivity index (χ3v) is 4.10. The van der Waals surface area contributed by atoms with Gasteiger partial charge >= 0.3 is 0 Å². The predicted molar refractivity (Wildman–Crippen MR) is 87.1 cm³/mol. The van der Waals surface area contributed by atoms with Crippen LogP contribution in [0.15, 0.2) is 28.7 Å². The van der Waals surface area contributed by atoms with Gasteiger partial charge in [-0.05, 0) is 30.4 Å². The molecule has 0 unspecified atom stereocenters. The maximum Gasteiger partial charge on any atom is 0.236 e. The fourth-order valence-corrected chi connectivity index (χ4v) is 3.23. The number of ether oxygens (including phenoxy) is 1. The molecule has 0 aliphatic carbocycles. The van der Waals surface area contributed by atoms with Crippen molar-refractivity contribution in [2.45, 2.75) is 26.9 Å². The highest BCUT2D eigenvalue weighted by molar-refractivity contribution is 5.48. The van der Waals surface area contributed by atoms with Crippen molar-refractivity contribution in [1.82, 2.24) is 4.98 Å². The summed E-state index contributed by atoms with van der Waals surface area (Å²) in [7, 11) is 0. The minimum atomic E-state index is -0.441. The lowest BCUT2D eigenvalue weighted by Crippen LogP contribution is -2.38. The van der Waals surface area contributed by atoms with E-state index >= 15 is 0 Å². The Morgan fingerprint density at radius 2 is 2.04 bits per heavy atom. The van der Waals surface area contributed by atoms with Gasteiger partial charge in [-0.25, -0.2) is 4.39 Å². The molecule has 1 aromatic carbocycles. The van der Waals surface area contributed by atoms with Gasteiger partial charge < -0.3 is 14.1 Å². The molecule has 5 nitrogen and oxygen atoms in total. The van der Waals surface area contributed by atoms with E-state index in [0.717, 1.165) is 19.5 Å². The summed E-state index contributed by atoms with van der Waals surface area (Å²) in [4.78, 5) is 6.25. The number of rotatable bonds is 4. The average molecular weight is 329 g/mol. The zero-order valence-electron chi connectivity index (χ0n) is 13.8. The van der Waals surface area contributed by atoms with E-state index in [0.29, 0.717) is 17.7 Å². The fourth-order valence-electron chi connectivity index (χ4n) is 3.23. The van der Waals surface area contributed by atoms with E-state index in [1.165, 1.54) is 6.07 Å². The summed E-state index contributed by atoms with van der Waals surface area (Å²) in [6, 6.07) is 8.23. The number of anilines is 1. The average Bonchev–Trinajstić information content (AvgIpc) is 2.96. The van der Waals surface area contributed by atoms with E-state index in [4.69, 9.17) is 9.15 Å². The van der Waals surface area contributed by atoms with Gasteiger partial charge in [-0.3, -0.25) is 0 Å². The van der Waals surface area contributed by atoms with Crippen LogP contribution in [0.5, 0.6) is 5.75 Å². The van der Waals surface area contributed by atoms with Crippen LogP contribution in [-0.2, 0) is 6.61 Å². The van der Waals surface area contributed by atoms with Gasteiger partial charge in [0.2, 0.25) is 17.5 Å². The lowest BCUT2D eigenvalue weighted by atomic mass is 9.92. The van der Waals surface area contributed by atoms with Crippen LogP contribution in [0.4, 0.5) is 10.3 Å². The van der Waals surface area contributed by atoms with E-state index in [2.05, 4.69) is 29.8 Å². The number of nitrogens with zero attached hydrogens (tertiary/aromatic N) is 3. The number of piperidine rings is 1. The number of hydrogen-bond acceptors (Lipinski definition) is 5. The molecule has 2 heterocycles. The largest absolute Gasteiger partial charge is 0.481 e. The van der Waals surface area contributed by atoms with Crippen LogP contribution in [-0.4, -0.2) is 18.1 Å². The van der Waals surface area contributed by atoms with E-state index in [1.807, 2.05) is 0 Å². The van der Waals surface area contributed by atoms with Gasteiger partial charge in [0, 0.05) is 13.1 Å². The van der Waals surface area contributed by atoms with Crippen molar-refractivity contribution in [1.29, 1.82) is 5.26 Å². The van der Waals surface area contributed by atoms with Crippen molar-refractivity contribution in [2.24, 2.45) is 11.8 Å². The summed E-state index contributed by atoms with van der Waals surface area (Å²) in [6.07, 6.45) is 1.16. The maximum atomic E-state index is 13.6. The molecule has 0 radical (unpaired) electrons. The molecule has 0 saturated carbocycles. The molecule has 2 atom stereocenters. The molecule has 2 aromatic rings. The molecule has 3 rings (SSSR count). The third kappa shape index (κ3) is 3.51. The van der Waals surface area contributed by atoms with Crippen LogP contribution in [0, 0.1) is 29.0 Å². The number of benzene rings is 1. The molecule has 1 aromatic heterocycles. The van der Waals surface area contributed by atoms with Crippen molar-refractivity contribution in [3.63, 3.8) is 0 Å². The van der Waals surface area contributed by atoms with E-state index < -0.39 is 5.82 Å². The Hall–Kier alpha value is -2.55. The van der Waals surface area contributed by atoms with Crippen molar-refractivity contribution in [2.75, 3.05) is 18.0 Å². The highest BCUT2D eigenvalue weighted by atomic mass is 19.1. The summed E-state index contributed by atoms with van der Waals surface area (Å²) in [5, 5.41) is 9.32. The fraction of sp³-hybridized carbons (Fsp3) is 0.444. The lowest BCUT2D eigenvalue weighted by molar-refractivity contribution is 0.250. The van der Waals surface area contributed by atoms with Gasteiger partial charge in [-0.15, -0.1) is 0 Å². The molecule has 0 amide bonds. The Morgan fingerprint density at radius 1 is 1.33 bits per heavy atom. The van der Waals surface area contributed by atoms with Gasteiger partial charge in [-0.1, -0.05) is 26.0 Å². The minimum absolute atomic E-state index is 0.0193. The Labute approximate surface area is 140 Å². The zero-order chi connectivity index (χ0) is 17.1. The second-order valence-corrected chi connectivity index (χ2v) is 6.44. The summed E-state index contributed by atoms with van der Waals surface area (Å²) in [5.41, 5.74) is 0.253. The van der Waals surface area contributed by atoms with Crippen molar-refractivity contribution in [3.05, 3.63) is 41.7 Å². The number of aromatic nitrogens is 1. The quantitative estimate of drug-likeness (QED) is 0.855. The molecule has 6 heteroatoms. The second kappa shape index (κ2) is 6.91. The van der Waals surface area contributed by atoms with Crippen LogP contribution in [0.1, 0.15) is 31.9 Å². The molecular weight excluding hydrogens is 309 g/mol. The normalized spacial score (nSPS) is 20.7. The first-order chi connectivity index (χ1) is 11.6. The zero-order valence-corrected chi connectivity index (χ0v) is 13.8. The summed E-state index contributed by atoms with van der Waals surface area (Å²) in [6.45, 7) is 6.03. The monoisotopic (exact) mass is 329 g/mol. The highest BCUT2D eigenvalue weighted by Gasteiger charge is 2.27. The smallest absolute Gasteiger partial charge is 0.236 e. The predicted octanol–water partition coefficient (Wildman–Crippen LogP) is 3.75. The van der Waals surface area contributed by atoms with Gasteiger partial charge in [0.05, 0.1) is 0 Å². The Morgan fingerprint density at radius 3 is 2.71 bits per heavy atom. The molecule has 126 valence electrons. The van der Waals surface area contributed by atoms with Crippen LogP contribution in [0.3, 0.4) is 0 Å². The minimum Gasteiger partial charge on any atom is -0.481 e. The second-order valence-electron chi connectivity index (χ2n) is 6.44. The van der Waals surface area contributed by atoms with Crippen LogP contribution < -0.4 is 9.64 Å². The summed E-state index contributed by atoms with van der Waals surface area (Å²) < 4.78 is 24.7. The third-order valence-electron chi connectivity index (χ3n) is 4.10. The highest BCUT2D eigenvalue weighted by Crippen LogP contribution is 2.29. The number of para-hydroxylation sites is 1. The first kappa shape index (κ1) is 16.3. The summed E-state index contributed by atoms with van der Waals surface area (Å²) >= 11 is 0. The number of nitriles is 1. The molecule has 0 spiro atoms. The molecule has 1 aliphatic rings. The first-order valence-corrected chi connectivity index (χ1v) is 8.09. The molecule has 1 fully saturated rings. The van der Waals surface area contributed by atoms with Gasteiger partial charge in [0.1, 0.15) is 6.07 Å². The molecule has 24 heavy (non-hydrogen) atoms. The Kier molecular flexibility index (Phi) is 4.70. The number of hydrogen-bond donors (Lipinski definition) is 0. The van der Waals surface area contributed by atoms with Crippen LogP contribution in [0.2, 0.25) is 0 Å². The SMILES string of the molecule is C[C@@H]1C[C@@H](C)CN(c2oc(COc3ccccc3F)nc2C#N)C1. The molecule has 1 saturated heterocycles. The maximum absolute atomic E-state index is 13.6. The van der Waals surface area contributed by atoms with Gasteiger partial charge in [0.25, 0.3) is 0 Å². The number of halogens is 1. The molecule has 0 N–H and O–H groups in total. The molecule has 1 aliphatic heterocycles. The Balaban J connectivity index is 1.76. The van der Waals surface area contributed by atoms with Crippen molar-refractivity contribution < 1.29 is 13.5 Å². The van der Waals surface area contributed by atoms with E-state index in [-0.39, 0.29) is 23.9 Å². The van der Waals surface area contributed by atoms with Crippen molar-refractivity contribution in [3.8, 4) is 11.8 Å². The number of oxazole rings is 1. The molecular formula is C18H20FN3O2. The van der Waals surface area contributed by atoms with Crippen LogP contribution in [0.25, 0.3) is 0 Å². The van der Waals surface area contributed by atoms with Gasteiger partial charge in [-0.2, -0.15) is 10.2 Å². The van der Waals surface area contributed by atoms with E-state index in [9.17, 15) is 9.65 Å². The molecule has 0 bridgehead atoms. The van der Waals surface area contributed by atoms with Crippen molar-refractivity contribution >= 4 is 5.88 Å². The van der Waals surface area contributed by atoms with Crippen LogP contribution >= 0.6 is 0 Å².